The molecule has 6 heteroatoms. The van der Waals surface area contributed by atoms with Gasteiger partial charge in [0.25, 0.3) is 11.8 Å². The fraction of sp³-hybridized carbons (Fsp3) is 0.529. The zero-order valence-corrected chi connectivity index (χ0v) is 13.0. The number of nitrogens with zero attached hydrogens (tertiary/aromatic N) is 2. The van der Waals surface area contributed by atoms with Gasteiger partial charge in [0.1, 0.15) is 12.4 Å². The van der Waals surface area contributed by atoms with Crippen molar-refractivity contribution in [2.45, 2.75) is 18.9 Å². The van der Waals surface area contributed by atoms with Crippen LogP contribution in [0.4, 0.5) is 0 Å². The lowest BCUT2D eigenvalue weighted by molar-refractivity contribution is 0.0303. The van der Waals surface area contributed by atoms with Crippen molar-refractivity contribution < 1.29 is 19.1 Å². The Morgan fingerprint density at radius 3 is 2.83 bits per heavy atom. The molecule has 3 heterocycles. The van der Waals surface area contributed by atoms with Crippen LogP contribution in [0.2, 0.25) is 0 Å². The standard InChI is InChI=1S/C17H20N2O4/c20-16(18-6-8-22-9-7-18)12-3-4-15-14(10-12)17(21)19-5-1-2-13(19)11-23-15/h3-4,10,13H,1-2,5-9,11H2/t13-/m0/s1. The molecule has 6 nitrogen and oxygen atoms in total. The SMILES string of the molecule is O=C(c1ccc2c(c1)C(=O)N1CCC[C@H]1CO2)N1CCOCC1. The summed E-state index contributed by atoms with van der Waals surface area (Å²) in [7, 11) is 0. The van der Waals surface area contributed by atoms with Crippen molar-refractivity contribution in [3.05, 3.63) is 29.3 Å². The van der Waals surface area contributed by atoms with Crippen molar-refractivity contribution in [2.75, 3.05) is 39.5 Å². The van der Waals surface area contributed by atoms with E-state index in [0.717, 1.165) is 19.4 Å². The zero-order valence-electron chi connectivity index (χ0n) is 13.0. The Bertz CT molecular complexity index is 639. The van der Waals surface area contributed by atoms with Crippen molar-refractivity contribution in [3.8, 4) is 5.75 Å². The Morgan fingerprint density at radius 2 is 2.00 bits per heavy atom. The lowest BCUT2D eigenvalue weighted by Crippen LogP contribution is -2.40. The first-order chi connectivity index (χ1) is 11.2. The molecule has 0 aromatic heterocycles. The minimum Gasteiger partial charge on any atom is -0.491 e. The van der Waals surface area contributed by atoms with E-state index in [0.29, 0.717) is 49.8 Å². The predicted molar refractivity (Wildman–Crippen MR) is 82.7 cm³/mol. The molecule has 1 aromatic rings. The highest BCUT2D eigenvalue weighted by Crippen LogP contribution is 2.30. The van der Waals surface area contributed by atoms with E-state index < -0.39 is 0 Å². The molecule has 0 unspecified atom stereocenters. The molecule has 0 spiro atoms. The number of fused-ring (bicyclic) bond motifs is 2. The summed E-state index contributed by atoms with van der Waals surface area (Å²) in [5, 5.41) is 0. The molecule has 0 N–H and O–H groups in total. The van der Waals surface area contributed by atoms with Gasteiger partial charge in [-0.15, -0.1) is 0 Å². The average molecular weight is 316 g/mol. The van der Waals surface area contributed by atoms with Crippen LogP contribution in [0.1, 0.15) is 33.6 Å². The van der Waals surface area contributed by atoms with E-state index in [2.05, 4.69) is 0 Å². The lowest BCUT2D eigenvalue weighted by Gasteiger charge is -2.27. The van der Waals surface area contributed by atoms with Crippen molar-refractivity contribution >= 4 is 11.8 Å². The van der Waals surface area contributed by atoms with Crippen molar-refractivity contribution in [2.24, 2.45) is 0 Å². The number of rotatable bonds is 1. The van der Waals surface area contributed by atoms with Crippen molar-refractivity contribution in [3.63, 3.8) is 0 Å². The van der Waals surface area contributed by atoms with Crippen LogP contribution in [0.5, 0.6) is 5.75 Å². The number of morpholine rings is 1. The molecule has 2 saturated heterocycles. The average Bonchev–Trinajstić information content (AvgIpc) is 3.03. The molecule has 3 aliphatic rings. The Balaban J connectivity index is 1.63. The van der Waals surface area contributed by atoms with E-state index in [9.17, 15) is 9.59 Å². The second-order valence-electron chi connectivity index (χ2n) is 6.22. The fourth-order valence-corrected chi connectivity index (χ4v) is 3.52. The van der Waals surface area contributed by atoms with Gasteiger partial charge in [0.15, 0.2) is 0 Å². The predicted octanol–water partition coefficient (Wildman–Crippen LogP) is 1.16. The van der Waals surface area contributed by atoms with Gasteiger partial charge in [0.2, 0.25) is 0 Å². The van der Waals surface area contributed by atoms with Crippen LogP contribution in [0.3, 0.4) is 0 Å². The summed E-state index contributed by atoms with van der Waals surface area (Å²) in [5.41, 5.74) is 1.05. The van der Waals surface area contributed by atoms with E-state index in [-0.39, 0.29) is 17.9 Å². The second kappa shape index (κ2) is 5.85. The molecule has 2 fully saturated rings. The summed E-state index contributed by atoms with van der Waals surface area (Å²) >= 11 is 0. The molecule has 1 atom stereocenters. The zero-order chi connectivity index (χ0) is 15.8. The van der Waals surface area contributed by atoms with Gasteiger partial charge in [-0.3, -0.25) is 9.59 Å². The molecule has 3 aliphatic heterocycles. The third-order valence-corrected chi connectivity index (χ3v) is 4.82. The molecule has 0 saturated carbocycles. The molecule has 23 heavy (non-hydrogen) atoms. The van der Waals surface area contributed by atoms with E-state index in [1.807, 2.05) is 4.90 Å². The maximum atomic E-state index is 12.8. The maximum absolute atomic E-state index is 12.8. The van der Waals surface area contributed by atoms with Crippen LogP contribution >= 0.6 is 0 Å². The smallest absolute Gasteiger partial charge is 0.258 e. The van der Waals surface area contributed by atoms with Crippen LogP contribution in [-0.4, -0.2) is 67.1 Å². The van der Waals surface area contributed by atoms with Crippen LogP contribution in [0.15, 0.2) is 18.2 Å². The summed E-state index contributed by atoms with van der Waals surface area (Å²) in [6.07, 6.45) is 2.00. The molecule has 0 aliphatic carbocycles. The van der Waals surface area contributed by atoms with Crippen molar-refractivity contribution in [1.82, 2.24) is 9.80 Å². The third kappa shape index (κ3) is 2.57. The monoisotopic (exact) mass is 316 g/mol. The number of ether oxygens (including phenoxy) is 2. The van der Waals surface area contributed by atoms with E-state index in [4.69, 9.17) is 9.47 Å². The number of benzene rings is 1. The molecular formula is C17H20N2O4. The van der Waals surface area contributed by atoms with Gasteiger partial charge in [-0.25, -0.2) is 0 Å². The molecular weight excluding hydrogens is 296 g/mol. The van der Waals surface area contributed by atoms with Crippen molar-refractivity contribution in [1.29, 1.82) is 0 Å². The van der Waals surface area contributed by atoms with Gasteiger partial charge in [0.05, 0.1) is 24.8 Å². The summed E-state index contributed by atoms with van der Waals surface area (Å²) in [6.45, 7) is 3.62. The topological polar surface area (TPSA) is 59.1 Å². The van der Waals surface area contributed by atoms with Gasteiger partial charge < -0.3 is 19.3 Å². The molecule has 0 radical (unpaired) electrons. The van der Waals surface area contributed by atoms with E-state index in [1.165, 1.54) is 0 Å². The Hall–Kier alpha value is -2.08. The minimum absolute atomic E-state index is 0.0170. The fourth-order valence-electron chi connectivity index (χ4n) is 3.52. The maximum Gasteiger partial charge on any atom is 0.258 e. The van der Waals surface area contributed by atoms with Gasteiger partial charge in [0, 0.05) is 25.2 Å². The number of carbonyl (C=O) groups excluding carboxylic acids is 2. The van der Waals surface area contributed by atoms with Gasteiger partial charge in [-0.1, -0.05) is 0 Å². The summed E-state index contributed by atoms with van der Waals surface area (Å²) in [6, 6.07) is 5.35. The number of amides is 2. The Kier molecular flexibility index (Phi) is 3.69. The summed E-state index contributed by atoms with van der Waals surface area (Å²) < 4.78 is 11.1. The van der Waals surface area contributed by atoms with E-state index in [1.54, 1.807) is 23.1 Å². The third-order valence-electron chi connectivity index (χ3n) is 4.82. The highest BCUT2D eigenvalue weighted by atomic mass is 16.5. The Morgan fingerprint density at radius 1 is 1.17 bits per heavy atom. The number of hydrogen-bond donors (Lipinski definition) is 0. The number of hydrogen-bond acceptors (Lipinski definition) is 4. The molecule has 1 aromatic carbocycles. The van der Waals surface area contributed by atoms with Gasteiger partial charge >= 0.3 is 0 Å². The van der Waals surface area contributed by atoms with Gasteiger partial charge in [-0.2, -0.15) is 0 Å². The molecule has 0 bridgehead atoms. The largest absolute Gasteiger partial charge is 0.491 e. The van der Waals surface area contributed by atoms with Crippen LogP contribution in [-0.2, 0) is 4.74 Å². The second-order valence-corrected chi connectivity index (χ2v) is 6.22. The summed E-state index contributed by atoms with van der Waals surface area (Å²) in [5.74, 6) is 0.519. The highest BCUT2D eigenvalue weighted by molar-refractivity contribution is 6.02. The first kappa shape index (κ1) is 14.5. The molecule has 4 rings (SSSR count). The Labute approximate surface area is 134 Å². The number of carbonyl (C=O) groups is 2. The first-order valence-electron chi connectivity index (χ1n) is 8.19. The highest BCUT2D eigenvalue weighted by Gasteiger charge is 2.34. The molecule has 2 amide bonds. The van der Waals surface area contributed by atoms with Crippen LogP contribution < -0.4 is 4.74 Å². The summed E-state index contributed by atoms with van der Waals surface area (Å²) in [4.78, 5) is 29.0. The lowest BCUT2D eigenvalue weighted by atomic mass is 10.1. The normalized spacial score (nSPS) is 23.8. The van der Waals surface area contributed by atoms with Crippen LogP contribution in [0, 0.1) is 0 Å². The minimum atomic E-state index is -0.0499. The first-order valence-corrected chi connectivity index (χ1v) is 8.19. The quantitative estimate of drug-likeness (QED) is 0.780. The van der Waals surface area contributed by atoms with E-state index >= 15 is 0 Å². The molecule has 122 valence electrons. The van der Waals surface area contributed by atoms with Crippen LogP contribution in [0.25, 0.3) is 0 Å². The van der Waals surface area contributed by atoms with Gasteiger partial charge in [-0.05, 0) is 31.0 Å².